The molecule has 0 spiro atoms. The van der Waals surface area contributed by atoms with E-state index in [4.69, 9.17) is 4.74 Å². The molecule has 0 saturated carbocycles. The maximum absolute atomic E-state index is 14.2. The molecule has 4 aromatic rings. The number of H-pyrrole nitrogens is 1. The molecule has 3 heterocycles. The molecule has 38 heavy (non-hydrogen) atoms. The predicted octanol–water partition coefficient (Wildman–Crippen LogP) is 7.26. The van der Waals surface area contributed by atoms with Gasteiger partial charge in [0.1, 0.15) is 17.2 Å². The van der Waals surface area contributed by atoms with E-state index in [9.17, 15) is 4.39 Å². The molecule has 1 fully saturated rings. The van der Waals surface area contributed by atoms with Crippen molar-refractivity contribution in [2.24, 2.45) is 0 Å². The van der Waals surface area contributed by atoms with E-state index in [1.807, 2.05) is 12.1 Å². The summed E-state index contributed by atoms with van der Waals surface area (Å²) < 4.78 is 20.8. The van der Waals surface area contributed by atoms with Gasteiger partial charge in [0.2, 0.25) is 0 Å². The second-order valence-electron chi connectivity index (χ2n) is 12.5. The Labute approximate surface area is 225 Å². The van der Waals surface area contributed by atoms with Crippen LogP contribution in [0, 0.1) is 5.82 Å². The van der Waals surface area contributed by atoms with Crippen LogP contribution in [-0.4, -0.2) is 46.6 Å². The van der Waals surface area contributed by atoms with E-state index in [2.05, 4.69) is 85.8 Å². The maximum atomic E-state index is 14.2. The number of fused-ring (bicyclic) bond motifs is 5. The number of benzene rings is 3. The fourth-order valence-electron chi connectivity index (χ4n) is 5.76. The fraction of sp³-hybridized carbons (Fsp3) is 0.394. The Morgan fingerprint density at radius 2 is 1.58 bits per heavy atom. The van der Waals surface area contributed by atoms with Crippen LogP contribution >= 0.6 is 0 Å². The van der Waals surface area contributed by atoms with Crippen LogP contribution in [0.3, 0.4) is 0 Å². The Morgan fingerprint density at radius 3 is 2.26 bits per heavy atom. The molecule has 0 atom stereocenters. The molecule has 1 aromatic heterocycles. The zero-order valence-electron chi connectivity index (χ0n) is 23.2. The van der Waals surface area contributed by atoms with E-state index in [1.54, 1.807) is 12.1 Å². The predicted molar refractivity (Wildman–Crippen MR) is 155 cm³/mol. The molecule has 1 N–H and O–H groups in total. The Morgan fingerprint density at radius 1 is 0.895 bits per heavy atom. The number of nitrogens with zero attached hydrogens (tertiary/aromatic N) is 2. The SMILES string of the molecule is CC1(C)C=Cc2c(c(CN3CCN(Cc4ccccc4F)CC3)cc3c2[nH]c2ccc(C(C)(C)C)cc23)O1. The average molecular weight is 512 g/mol. The molecule has 0 aliphatic carbocycles. The first-order valence-electron chi connectivity index (χ1n) is 13.8. The van der Waals surface area contributed by atoms with Gasteiger partial charge in [-0.1, -0.05) is 45.0 Å². The molecular weight excluding hydrogens is 473 g/mol. The van der Waals surface area contributed by atoms with Gasteiger partial charge in [0.15, 0.2) is 0 Å². The smallest absolute Gasteiger partial charge is 0.134 e. The molecule has 0 amide bonds. The lowest BCUT2D eigenvalue weighted by molar-refractivity contribution is 0.116. The molecule has 6 rings (SSSR count). The first-order valence-corrected chi connectivity index (χ1v) is 13.8. The topological polar surface area (TPSA) is 31.5 Å². The molecule has 198 valence electrons. The first-order chi connectivity index (χ1) is 18.1. The summed E-state index contributed by atoms with van der Waals surface area (Å²) in [7, 11) is 0. The zero-order valence-corrected chi connectivity index (χ0v) is 23.2. The van der Waals surface area contributed by atoms with Gasteiger partial charge in [-0.25, -0.2) is 4.39 Å². The van der Waals surface area contributed by atoms with Gasteiger partial charge in [-0.3, -0.25) is 9.80 Å². The van der Waals surface area contributed by atoms with Crippen LogP contribution in [0.5, 0.6) is 5.75 Å². The molecule has 0 bridgehead atoms. The number of aromatic amines is 1. The number of piperazine rings is 1. The van der Waals surface area contributed by atoms with E-state index in [1.165, 1.54) is 21.9 Å². The van der Waals surface area contributed by atoms with Crippen LogP contribution in [0.2, 0.25) is 0 Å². The molecule has 2 aliphatic rings. The van der Waals surface area contributed by atoms with E-state index in [0.29, 0.717) is 6.54 Å². The highest BCUT2D eigenvalue weighted by molar-refractivity contribution is 6.11. The zero-order chi connectivity index (χ0) is 26.7. The lowest BCUT2D eigenvalue weighted by Gasteiger charge is -2.36. The molecule has 4 nitrogen and oxygen atoms in total. The highest BCUT2D eigenvalue weighted by Crippen LogP contribution is 2.42. The van der Waals surface area contributed by atoms with Gasteiger partial charge in [0.25, 0.3) is 0 Å². The summed E-state index contributed by atoms with van der Waals surface area (Å²) in [6.07, 6.45) is 4.39. The lowest BCUT2D eigenvalue weighted by atomic mass is 9.86. The summed E-state index contributed by atoms with van der Waals surface area (Å²) in [6.45, 7) is 16.3. The van der Waals surface area contributed by atoms with Crippen LogP contribution < -0.4 is 4.74 Å². The van der Waals surface area contributed by atoms with Gasteiger partial charge in [0.05, 0.1) is 5.52 Å². The number of aromatic nitrogens is 1. The number of nitrogens with one attached hydrogen (secondary N) is 1. The van der Waals surface area contributed by atoms with E-state index >= 15 is 0 Å². The maximum Gasteiger partial charge on any atom is 0.134 e. The van der Waals surface area contributed by atoms with E-state index in [-0.39, 0.29) is 16.8 Å². The third-order valence-electron chi connectivity index (χ3n) is 8.06. The van der Waals surface area contributed by atoms with Crippen LogP contribution in [0.15, 0.2) is 54.6 Å². The Hall–Kier alpha value is -3.15. The number of hydrogen-bond acceptors (Lipinski definition) is 3. The molecule has 2 aliphatic heterocycles. The highest BCUT2D eigenvalue weighted by atomic mass is 19.1. The Kier molecular flexibility index (Phi) is 6.12. The molecule has 0 unspecified atom stereocenters. The number of hydrogen-bond donors (Lipinski definition) is 1. The minimum Gasteiger partial charge on any atom is -0.483 e. The molecule has 5 heteroatoms. The van der Waals surface area contributed by atoms with Gasteiger partial charge in [-0.15, -0.1) is 0 Å². The summed E-state index contributed by atoms with van der Waals surface area (Å²) in [5, 5.41) is 2.52. The van der Waals surface area contributed by atoms with Gasteiger partial charge >= 0.3 is 0 Å². The van der Waals surface area contributed by atoms with Gasteiger partial charge in [-0.05, 0) is 61.2 Å². The quantitative estimate of drug-likeness (QED) is 0.313. The van der Waals surface area contributed by atoms with Gasteiger partial charge in [0, 0.05) is 72.2 Å². The van der Waals surface area contributed by atoms with Crippen molar-refractivity contribution in [2.75, 3.05) is 26.2 Å². The van der Waals surface area contributed by atoms with Crippen LogP contribution in [0.1, 0.15) is 56.9 Å². The van der Waals surface area contributed by atoms with Crippen LogP contribution in [0.4, 0.5) is 4.39 Å². The number of ether oxygens (including phenoxy) is 1. The standard InChI is InChI=1S/C33H38FN3O/c1-32(2,3)24-10-11-29-26(19-24)27-18-23(31-25(30(27)35-29)12-13-33(4,5)38-31)21-37-16-14-36(15-17-37)20-22-8-6-7-9-28(22)34/h6-13,18-19,35H,14-17,20-21H2,1-5H3. The normalized spacial score (nSPS) is 18.2. The van der Waals surface area contributed by atoms with Crippen molar-refractivity contribution < 1.29 is 9.13 Å². The Bertz CT molecular complexity index is 1530. The highest BCUT2D eigenvalue weighted by Gasteiger charge is 2.28. The van der Waals surface area contributed by atoms with Crippen LogP contribution in [-0.2, 0) is 18.5 Å². The minimum atomic E-state index is -0.348. The lowest BCUT2D eigenvalue weighted by Crippen LogP contribution is -2.45. The van der Waals surface area contributed by atoms with Crippen molar-refractivity contribution in [1.29, 1.82) is 0 Å². The second kappa shape index (κ2) is 9.25. The van der Waals surface area contributed by atoms with Crippen molar-refractivity contribution in [3.05, 3.63) is 82.7 Å². The van der Waals surface area contributed by atoms with Gasteiger partial charge in [-0.2, -0.15) is 0 Å². The molecular formula is C33H38FN3O. The van der Waals surface area contributed by atoms with E-state index in [0.717, 1.165) is 60.6 Å². The fourth-order valence-corrected chi connectivity index (χ4v) is 5.76. The van der Waals surface area contributed by atoms with Crippen molar-refractivity contribution >= 4 is 27.9 Å². The Balaban J connectivity index is 1.32. The monoisotopic (exact) mass is 511 g/mol. The number of halogens is 1. The summed E-state index contributed by atoms with van der Waals surface area (Å²) in [5.41, 5.74) is 6.53. The van der Waals surface area contributed by atoms with Crippen molar-refractivity contribution in [2.45, 2.75) is 58.7 Å². The van der Waals surface area contributed by atoms with Gasteiger partial charge < -0.3 is 9.72 Å². The van der Waals surface area contributed by atoms with E-state index < -0.39 is 0 Å². The largest absolute Gasteiger partial charge is 0.483 e. The second-order valence-corrected chi connectivity index (χ2v) is 12.5. The van der Waals surface area contributed by atoms with Crippen molar-refractivity contribution in [1.82, 2.24) is 14.8 Å². The van der Waals surface area contributed by atoms with Crippen molar-refractivity contribution in [3.63, 3.8) is 0 Å². The molecule has 3 aromatic carbocycles. The van der Waals surface area contributed by atoms with Crippen LogP contribution in [0.25, 0.3) is 27.9 Å². The molecule has 0 radical (unpaired) electrons. The summed E-state index contributed by atoms with van der Waals surface area (Å²) in [6, 6.07) is 16.3. The first kappa shape index (κ1) is 25.1. The number of rotatable bonds is 4. The minimum absolute atomic E-state index is 0.0875. The van der Waals surface area contributed by atoms with Crippen molar-refractivity contribution in [3.8, 4) is 5.75 Å². The molecule has 1 saturated heterocycles. The summed E-state index contributed by atoms with van der Waals surface area (Å²) in [4.78, 5) is 8.55. The third-order valence-corrected chi connectivity index (χ3v) is 8.06. The summed E-state index contributed by atoms with van der Waals surface area (Å²) >= 11 is 0. The summed E-state index contributed by atoms with van der Waals surface area (Å²) in [5.74, 6) is 0.873. The third kappa shape index (κ3) is 4.74. The average Bonchev–Trinajstić information content (AvgIpc) is 3.23.